The number of pyridine rings is 1. The molecule has 1 aliphatic heterocycles. The van der Waals surface area contributed by atoms with E-state index in [0.29, 0.717) is 11.2 Å². The minimum atomic E-state index is -0.321. The first-order chi connectivity index (χ1) is 9.08. The highest BCUT2D eigenvalue weighted by Gasteiger charge is 2.33. The zero-order chi connectivity index (χ0) is 13.6. The summed E-state index contributed by atoms with van der Waals surface area (Å²) in [5.74, 6) is -0.0965. The van der Waals surface area contributed by atoms with E-state index in [2.05, 4.69) is 4.98 Å². The second-order valence-electron chi connectivity index (χ2n) is 5.09. The van der Waals surface area contributed by atoms with Gasteiger partial charge in [-0.2, -0.15) is 4.98 Å². The van der Waals surface area contributed by atoms with Crippen molar-refractivity contribution in [3.8, 4) is 5.88 Å². The number of fused-ring (bicyclic) bond motifs is 2. The van der Waals surface area contributed by atoms with Crippen molar-refractivity contribution in [2.75, 3.05) is 0 Å². The van der Waals surface area contributed by atoms with E-state index >= 15 is 0 Å². The van der Waals surface area contributed by atoms with Crippen LogP contribution in [0.2, 0.25) is 0 Å². The van der Waals surface area contributed by atoms with Gasteiger partial charge in [0.25, 0.3) is 5.56 Å². The monoisotopic (exact) mass is 258 g/mol. The zero-order valence-corrected chi connectivity index (χ0v) is 10.8. The van der Waals surface area contributed by atoms with Crippen LogP contribution < -0.4 is 10.3 Å². The Kier molecular flexibility index (Phi) is 2.62. The molecular formula is C14H14N2O3. The van der Waals surface area contributed by atoms with Gasteiger partial charge in [-0.3, -0.25) is 14.0 Å². The fourth-order valence-corrected chi connectivity index (χ4v) is 2.48. The second kappa shape index (κ2) is 4.19. The average Bonchev–Trinajstić information content (AvgIpc) is 2.37. The molecule has 0 bridgehead atoms. The van der Waals surface area contributed by atoms with Crippen LogP contribution in [0, 0.1) is 5.92 Å². The van der Waals surface area contributed by atoms with Crippen molar-refractivity contribution < 1.29 is 9.53 Å². The molecule has 0 radical (unpaired) electrons. The summed E-state index contributed by atoms with van der Waals surface area (Å²) in [5.41, 5.74) is 0.855. The molecule has 0 fully saturated rings. The molecule has 0 unspecified atom stereocenters. The number of carbonyl (C=O) groups is 1. The Balaban J connectivity index is 2.34. The number of esters is 1. The molecule has 1 aliphatic rings. The highest BCUT2D eigenvalue weighted by molar-refractivity contribution is 5.76. The Morgan fingerprint density at radius 1 is 1.37 bits per heavy atom. The van der Waals surface area contributed by atoms with E-state index in [1.165, 1.54) is 4.40 Å². The molecule has 0 saturated carbocycles. The molecule has 0 saturated heterocycles. The lowest BCUT2D eigenvalue weighted by Gasteiger charge is -2.25. The Bertz CT molecular complexity index is 718. The largest absolute Gasteiger partial charge is 0.407 e. The maximum absolute atomic E-state index is 12.5. The number of hydrogen-bond acceptors (Lipinski definition) is 4. The van der Waals surface area contributed by atoms with Crippen LogP contribution in [0.4, 0.5) is 0 Å². The molecule has 1 atom stereocenters. The first-order valence-electron chi connectivity index (χ1n) is 6.30. The summed E-state index contributed by atoms with van der Waals surface area (Å²) in [5, 5.41) is 0. The number of carbonyl (C=O) groups excluding carboxylic acids is 1. The molecule has 0 aliphatic carbocycles. The van der Waals surface area contributed by atoms with Crippen LogP contribution in [-0.4, -0.2) is 15.4 Å². The summed E-state index contributed by atoms with van der Waals surface area (Å²) in [6.07, 6.45) is 1.92. The zero-order valence-electron chi connectivity index (χ0n) is 10.8. The number of hydrogen-bond donors (Lipinski definition) is 0. The quantitative estimate of drug-likeness (QED) is 0.731. The number of ether oxygens (including phenoxy) is 1. The van der Waals surface area contributed by atoms with Gasteiger partial charge in [0.2, 0.25) is 5.88 Å². The van der Waals surface area contributed by atoms with Gasteiger partial charge in [-0.25, -0.2) is 0 Å². The van der Waals surface area contributed by atoms with Crippen molar-refractivity contribution in [2.24, 2.45) is 5.92 Å². The average molecular weight is 258 g/mol. The van der Waals surface area contributed by atoms with Crippen LogP contribution in [0.1, 0.15) is 31.7 Å². The van der Waals surface area contributed by atoms with Gasteiger partial charge in [0.1, 0.15) is 5.65 Å². The molecule has 5 nitrogen and oxygen atoms in total. The van der Waals surface area contributed by atoms with E-state index in [1.54, 1.807) is 24.4 Å². The van der Waals surface area contributed by atoms with Gasteiger partial charge in [-0.1, -0.05) is 19.9 Å². The Morgan fingerprint density at radius 3 is 2.89 bits per heavy atom. The van der Waals surface area contributed by atoms with Crippen LogP contribution in [-0.2, 0) is 4.79 Å². The smallest absolute Gasteiger partial charge is 0.313 e. The van der Waals surface area contributed by atoms with Crippen LogP contribution in [0.3, 0.4) is 0 Å². The molecule has 0 spiro atoms. The summed E-state index contributed by atoms with van der Waals surface area (Å²) < 4.78 is 6.63. The molecule has 0 amide bonds. The third-order valence-electron chi connectivity index (χ3n) is 3.51. The highest BCUT2D eigenvalue weighted by Crippen LogP contribution is 2.35. The summed E-state index contributed by atoms with van der Waals surface area (Å²) in [7, 11) is 0. The Morgan fingerprint density at radius 2 is 2.16 bits per heavy atom. The molecule has 0 N–H and O–H groups in total. The maximum Gasteiger partial charge on any atom is 0.313 e. The minimum absolute atomic E-state index is 0.131. The summed E-state index contributed by atoms with van der Waals surface area (Å²) in [6.45, 7) is 3.98. The minimum Gasteiger partial charge on any atom is -0.407 e. The molecule has 2 aromatic rings. The van der Waals surface area contributed by atoms with Gasteiger partial charge >= 0.3 is 5.97 Å². The number of nitrogens with zero attached hydrogens (tertiary/aromatic N) is 2. The van der Waals surface area contributed by atoms with Crippen LogP contribution in [0.25, 0.3) is 5.65 Å². The van der Waals surface area contributed by atoms with E-state index < -0.39 is 0 Å². The molecule has 98 valence electrons. The predicted molar refractivity (Wildman–Crippen MR) is 69.3 cm³/mol. The van der Waals surface area contributed by atoms with Gasteiger partial charge < -0.3 is 4.74 Å². The first-order valence-corrected chi connectivity index (χ1v) is 6.30. The highest BCUT2D eigenvalue weighted by atomic mass is 16.5. The molecule has 0 aromatic carbocycles. The van der Waals surface area contributed by atoms with Crippen LogP contribution >= 0.6 is 0 Å². The lowest BCUT2D eigenvalue weighted by atomic mass is 9.85. The topological polar surface area (TPSA) is 60.7 Å². The first kappa shape index (κ1) is 11.9. The van der Waals surface area contributed by atoms with Crippen molar-refractivity contribution >= 4 is 11.6 Å². The van der Waals surface area contributed by atoms with Crippen molar-refractivity contribution in [3.05, 3.63) is 40.3 Å². The SMILES string of the molecule is CC(C)[C@@H]1CC(=O)Oc2nc3ccccn3c(=O)c21. The number of rotatable bonds is 1. The normalized spacial score (nSPS) is 18.5. The van der Waals surface area contributed by atoms with Gasteiger partial charge in [0, 0.05) is 12.1 Å². The third kappa shape index (κ3) is 1.82. The lowest BCUT2D eigenvalue weighted by Crippen LogP contribution is -2.32. The van der Waals surface area contributed by atoms with E-state index in [0.717, 1.165) is 0 Å². The van der Waals surface area contributed by atoms with Gasteiger partial charge in [-0.05, 0) is 18.1 Å². The lowest BCUT2D eigenvalue weighted by molar-refractivity contribution is -0.136. The fourth-order valence-electron chi connectivity index (χ4n) is 2.48. The van der Waals surface area contributed by atoms with Crippen molar-refractivity contribution in [2.45, 2.75) is 26.2 Å². The van der Waals surface area contributed by atoms with Gasteiger partial charge in [0.05, 0.1) is 12.0 Å². The Hall–Kier alpha value is -2.17. The number of aromatic nitrogens is 2. The Labute approximate surface area is 109 Å². The van der Waals surface area contributed by atoms with E-state index in [9.17, 15) is 9.59 Å². The molecule has 2 aromatic heterocycles. The van der Waals surface area contributed by atoms with Crippen molar-refractivity contribution in [1.29, 1.82) is 0 Å². The van der Waals surface area contributed by atoms with Crippen LogP contribution in [0.15, 0.2) is 29.2 Å². The second-order valence-corrected chi connectivity index (χ2v) is 5.09. The molecular weight excluding hydrogens is 244 g/mol. The predicted octanol–water partition coefficient (Wildman–Crippen LogP) is 1.74. The summed E-state index contributed by atoms with van der Waals surface area (Å²) in [4.78, 5) is 28.4. The van der Waals surface area contributed by atoms with Gasteiger partial charge in [-0.15, -0.1) is 0 Å². The van der Waals surface area contributed by atoms with Crippen molar-refractivity contribution in [1.82, 2.24) is 9.38 Å². The van der Waals surface area contributed by atoms with Crippen molar-refractivity contribution in [3.63, 3.8) is 0 Å². The molecule has 5 heteroatoms. The summed E-state index contributed by atoms with van der Waals surface area (Å²) >= 11 is 0. The molecule has 19 heavy (non-hydrogen) atoms. The van der Waals surface area contributed by atoms with E-state index in [1.807, 2.05) is 13.8 Å². The standard InChI is InChI=1S/C14H14N2O3/c1-8(2)9-7-11(17)19-13-12(9)14(18)16-6-4-3-5-10(16)15-13/h3-6,8-9H,7H2,1-2H3/t9-/m0/s1. The third-order valence-corrected chi connectivity index (χ3v) is 3.51. The maximum atomic E-state index is 12.5. The van der Waals surface area contributed by atoms with Crippen LogP contribution in [0.5, 0.6) is 5.88 Å². The van der Waals surface area contributed by atoms with Gasteiger partial charge in [0.15, 0.2) is 0 Å². The fraction of sp³-hybridized carbons (Fsp3) is 0.357. The molecule has 3 heterocycles. The van der Waals surface area contributed by atoms with E-state index in [-0.39, 0.29) is 35.7 Å². The molecule has 3 rings (SSSR count). The summed E-state index contributed by atoms with van der Waals surface area (Å²) in [6, 6.07) is 5.29. The van der Waals surface area contributed by atoms with E-state index in [4.69, 9.17) is 4.74 Å².